The highest BCUT2D eigenvalue weighted by atomic mass is 35.5. The summed E-state index contributed by atoms with van der Waals surface area (Å²) in [6, 6.07) is 11.5. The molecule has 0 spiro atoms. The average molecular weight is 348 g/mol. The molecule has 1 heterocycles. The number of anilines is 2. The zero-order valence-electron chi connectivity index (χ0n) is 13.4. The van der Waals surface area contributed by atoms with Crippen molar-refractivity contribution in [2.75, 3.05) is 36.4 Å². The van der Waals surface area contributed by atoms with Gasteiger partial charge in [-0.15, -0.1) is 0 Å². The molecule has 126 valence electrons. The quantitative estimate of drug-likeness (QED) is 0.886. The topological polar surface area (TPSA) is 35.6 Å². The summed E-state index contributed by atoms with van der Waals surface area (Å²) >= 11 is 6.09. The summed E-state index contributed by atoms with van der Waals surface area (Å²) in [4.78, 5) is 16.3. The van der Waals surface area contributed by atoms with E-state index in [4.69, 9.17) is 11.6 Å². The number of halogens is 2. The van der Waals surface area contributed by atoms with Crippen LogP contribution in [0.1, 0.15) is 5.56 Å². The standard InChI is InChI=1S/C18H19ClFN3O/c1-13-5-6-14(19)11-17(13)22-7-9-23(10-8-22)18(24)21-16-4-2-3-15(20)12-16/h2-6,11-12H,7-10H2,1H3,(H,21,24). The smallest absolute Gasteiger partial charge is 0.321 e. The minimum atomic E-state index is -0.367. The maximum Gasteiger partial charge on any atom is 0.321 e. The predicted octanol–water partition coefficient (Wildman–Crippen LogP) is 4.14. The minimum Gasteiger partial charge on any atom is -0.368 e. The van der Waals surface area contributed by atoms with E-state index in [1.54, 1.807) is 17.0 Å². The molecule has 1 N–H and O–H groups in total. The number of aryl methyl sites for hydroxylation is 1. The Morgan fingerprint density at radius 3 is 2.58 bits per heavy atom. The highest BCUT2D eigenvalue weighted by Crippen LogP contribution is 2.25. The molecule has 24 heavy (non-hydrogen) atoms. The van der Waals surface area contributed by atoms with E-state index in [0.29, 0.717) is 23.8 Å². The fraction of sp³-hybridized carbons (Fsp3) is 0.278. The van der Waals surface area contributed by atoms with Gasteiger partial charge < -0.3 is 15.1 Å². The van der Waals surface area contributed by atoms with Gasteiger partial charge in [-0.1, -0.05) is 23.7 Å². The second-order valence-corrected chi connectivity index (χ2v) is 6.28. The Morgan fingerprint density at radius 1 is 1.12 bits per heavy atom. The lowest BCUT2D eigenvalue weighted by atomic mass is 10.1. The molecule has 6 heteroatoms. The second kappa shape index (κ2) is 7.09. The van der Waals surface area contributed by atoms with Gasteiger partial charge in [0.1, 0.15) is 5.82 Å². The van der Waals surface area contributed by atoms with Gasteiger partial charge >= 0.3 is 6.03 Å². The molecule has 0 radical (unpaired) electrons. The van der Waals surface area contributed by atoms with E-state index in [1.807, 2.05) is 18.2 Å². The van der Waals surface area contributed by atoms with Gasteiger partial charge in [0.25, 0.3) is 0 Å². The Balaban J connectivity index is 1.60. The first kappa shape index (κ1) is 16.6. The van der Waals surface area contributed by atoms with Gasteiger partial charge in [0.05, 0.1) is 0 Å². The van der Waals surface area contributed by atoms with E-state index in [2.05, 4.69) is 17.1 Å². The summed E-state index contributed by atoms with van der Waals surface area (Å²) in [5.41, 5.74) is 2.73. The lowest BCUT2D eigenvalue weighted by Crippen LogP contribution is -2.50. The third kappa shape index (κ3) is 3.79. The third-order valence-corrected chi connectivity index (χ3v) is 4.39. The van der Waals surface area contributed by atoms with Crippen molar-refractivity contribution < 1.29 is 9.18 Å². The summed E-state index contributed by atoms with van der Waals surface area (Å²) in [5, 5.41) is 3.44. The van der Waals surface area contributed by atoms with Crippen molar-refractivity contribution >= 4 is 29.0 Å². The lowest BCUT2D eigenvalue weighted by molar-refractivity contribution is 0.208. The van der Waals surface area contributed by atoms with Gasteiger partial charge in [0.2, 0.25) is 0 Å². The molecular formula is C18H19ClFN3O. The molecule has 0 saturated carbocycles. The van der Waals surface area contributed by atoms with Crippen LogP contribution in [0.5, 0.6) is 0 Å². The molecule has 0 aromatic heterocycles. The van der Waals surface area contributed by atoms with Gasteiger partial charge in [-0.05, 0) is 42.8 Å². The number of nitrogens with one attached hydrogen (secondary N) is 1. The van der Waals surface area contributed by atoms with Crippen LogP contribution in [0.25, 0.3) is 0 Å². The number of nitrogens with zero attached hydrogens (tertiary/aromatic N) is 2. The molecule has 0 atom stereocenters. The molecule has 3 rings (SSSR count). The fourth-order valence-corrected chi connectivity index (χ4v) is 3.01. The summed E-state index contributed by atoms with van der Waals surface area (Å²) < 4.78 is 13.2. The van der Waals surface area contributed by atoms with Crippen LogP contribution in [0, 0.1) is 12.7 Å². The van der Waals surface area contributed by atoms with Crippen molar-refractivity contribution in [2.45, 2.75) is 6.92 Å². The Bertz CT molecular complexity index is 745. The van der Waals surface area contributed by atoms with E-state index < -0.39 is 0 Å². The first-order valence-electron chi connectivity index (χ1n) is 7.85. The van der Waals surface area contributed by atoms with Gasteiger partial charge in [-0.3, -0.25) is 0 Å². The third-order valence-electron chi connectivity index (χ3n) is 4.15. The first-order chi connectivity index (χ1) is 11.5. The lowest BCUT2D eigenvalue weighted by Gasteiger charge is -2.36. The first-order valence-corrected chi connectivity index (χ1v) is 8.23. The Labute approximate surface area is 145 Å². The van der Waals surface area contributed by atoms with Crippen molar-refractivity contribution in [1.29, 1.82) is 0 Å². The average Bonchev–Trinajstić information content (AvgIpc) is 2.57. The molecule has 4 nitrogen and oxygen atoms in total. The molecule has 1 aliphatic rings. The Hall–Kier alpha value is -2.27. The zero-order valence-corrected chi connectivity index (χ0v) is 14.2. The maximum absolute atomic E-state index is 13.2. The van der Waals surface area contributed by atoms with Crippen LogP contribution in [-0.4, -0.2) is 37.1 Å². The van der Waals surface area contributed by atoms with Crippen molar-refractivity contribution in [1.82, 2.24) is 4.90 Å². The number of carbonyl (C=O) groups excluding carboxylic acids is 1. The summed E-state index contributed by atoms with van der Waals surface area (Å²) in [6.45, 7) is 4.73. The van der Waals surface area contributed by atoms with Crippen molar-refractivity contribution in [3.8, 4) is 0 Å². The highest BCUT2D eigenvalue weighted by Gasteiger charge is 2.22. The molecule has 2 aromatic rings. The zero-order chi connectivity index (χ0) is 17.1. The fourth-order valence-electron chi connectivity index (χ4n) is 2.84. The molecule has 2 aromatic carbocycles. The van der Waals surface area contributed by atoms with Gasteiger partial charge in [0.15, 0.2) is 0 Å². The van der Waals surface area contributed by atoms with Crippen LogP contribution >= 0.6 is 11.6 Å². The van der Waals surface area contributed by atoms with Crippen molar-refractivity contribution in [2.24, 2.45) is 0 Å². The summed E-state index contributed by atoms with van der Waals surface area (Å²) in [6.07, 6.45) is 0. The Kier molecular flexibility index (Phi) is 4.90. The van der Waals surface area contributed by atoms with Crippen molar-refractivity contribution in [3.63, 3.8) is 0 Å². The highest BCUT2D eigenvalue weighted by molar-refractivity contribution is 6.30. The monoisotopic (exact) mass is 347 g/mol. The van der Waals surface area contributed by atoms with Gasteiger partial charge in [-0.2, -0.15) is 0 Å². The van der Waals surface area contributed by atoms with Crippen LogP contribution in [0.4, 0.5) is 20.6 Å². The molecule has 1 saturated heterocycles. The minimum absolute atomic E-state index is 0.205. The molecule has 0 aliphatic carbocycles. The van der Waals surface area contributed by atoms with Crippen LogP contribution in [0.2, 0.25) is 5.02 Å². The van der Waals surface area contributed by atoms with Gasteiger partial charge in [0, 0.05) is 42.6 Å². The number of carbonyl (C=O) groups is 1. The number of hydrogen-bond donors (Lipinski definition) is 1. The molecule has 2 amide bonds. The predicted molar refractivity (Wildman–Crippen MR) is 95.4 cm³/mol. The van der Waals surface area contributed by atoms with E-state index >= 15 is 0 Å². The van der Waals surface area contributed by atoms with E-state index in [0.717, 1.165) is 24.3 Å². The number of hydrogen-bond acceptors (Lipinski definition) is 2. The molecule has 1 fully saturated rings. The number of amides is 2. The van der Waals surface area contributed by atoms with E-state index in [1.165, 1.54) is 12.1 Å². The number of rotatable bonds is 2. The van der Waals surface area contributed by atoms with Crippen LogP contribution in [0.3, 0.4) is 0 Å². The second-order valence-electron chi connectivity index (χ2n) is 5.85. The molecular weight excluding hydrogens is 329 g/mol. The number of urea groups is 1. The number of benzene rings is 2. The van der Waals surface area contributed by atoms with Crippen molar-refractivity contribution in [3.05, 3.63) is 58.9 Å². The molecule has 1 aliphatic heterocycles. The maximum atomic E-state index is 13.2. The summed E-state index contributed by atoms with van der Waals surface area (Å²) in [7, 11) is 0. The normalized spacial score (nSPS) is 14.6. The van der Waals surface area contributed by atoms with Crippen LogP contribution in [-0.2, 0) is 0 Å². The van der Waals surface area contributed by atoms with E-state index in [9.17, 15) is 9.18 Å². The van der Waals surface area contributed by atoms with E-state index in [-0.39, 0.29) is 11.8 Å². The molecule has 0 bridgehead atoms. The molecule has 0 unspecified atom stereocenters. The SMILES string of the molecule is Cc1ccc(Cl)cc1N1CCN(C(=O)Nc2cccc(F)c2)CC1. The van der Waals surface area contributed by atoms with Crippen LogP contribution in [0.15, 0.2) is 42.5 Å². The summed E-state index contributed by atoms with van der Waals surface area (Å²) in [5.74, 6) is -0.367. The van der Waals surface area contributed by atoms with Gasteiger partial charge in [-0.25, -0.2) is 9.18 Å². The number of piperazine rings is 1. The Morgan fingerprint density at radius 2 is 1.88 bits per heavy atom. The van der Waals surface area contributed by atoms with Crippen LogP contribution < -0.4 is 10.2 Å². The largest absolute Gasteiger partial charge is 0.368 e.